The molecule has 15 heavy (non-hydrogen) atoms. The van der Waals surface area contributed by atoms with E-state index in [-0.39, 0.29) is 36.9 Å². The summed E-state index contributed by atoms with van der Waals surface area (Å²) in [5, 5.41) is 0. The van der Waals surface area contributed by atoms with Gasteiger partial charge in [0.15, 0.2) is 0 Å². The van der Waals surface area contributed by atoms with Crippen LogP contribution in [0.5, 0.6) is 0 Å². The molecule has 0 bridgehead atoms. The average Bonchev–Trinajstić information content (AvgIpc) is 2.24. The van der Waals surface area contributed by atoms with Gasteiger partial charge in [0.25, 0.3) is 0 Å². The van der Waals surface area contributed by atoms with Crippen LogP contribution in [0.1, 0.15) is 26.7 Å². The number of alkyl halides is 1. The molecular formula is C10H15ClO4. The maximum absolute atomic E-state index is 11.4. The topological polar surface area (TPSA) is 60.4 Å². The Morgan fingerprint density at radius 2 is 1.87 bits per heavy atom. The van der Waals surface area contributed by atoms with Crippen LogP contribution in [-0.4, -0.2) is 30.0 Å². The van der Waals surface area contributed by atoms with Gasteiger partial charge >= 0.3 is 5.97 Å². The molecule has 0 aromatic carbocycles. The van der Waals surface area contributed by atoms with E-state index in [1.807, 2.05) is 0 Å². The van der Waals surface area contributed by atoms with Gasteiger partial charge in [0.1, 0.15) is 17.5 Å². The highest BCUT2D eigenvalue weighted by Crippen LogP contribution is 2.06. The lowest BCUT2D eigenvalue weighted by Gasteiger charge is -2.08. The van der Waals surface area contributed by atoms with E-state index in [0.29, 0.717) is 0 Å². The minimum atomic E-state index is -0.798. The van der Waals surface area contributed by atoms with Crippen molar-refractivity contribution in [1.82, 2.24) is 0 Å². The van der Waals surface area contributed by atoms with Gasteiger partial charge in [-0.05, 0) is 13.8 Å². The second kappa shape index (κ2) is 7.40. The van der Waals surface area contributed by atoms with Crippen molar-refractivity contribution < 1.29 is 19.1 Å². The third-order valence-corrected chi connectivity index (χ3v) is 2.22. The van der Waals surface area contributed by atoms with Gasteiger partial charge in [-0.3, -0.25) is 14.4 Å². The lowest BCUT2D eigenvalue weighted by Crippen LogP contribution is -2.23. The zero-order chi connectivity index (χ0) is 11.8. The predicted octanol–water partition coefficient (Wildman–Crippen LogP) is 1.34. The molecule has 5 heteroatoms. The largest absolute Gasteiger partial charge is 0.465 e. The van der Waals surface area contributed by atoms with E-state index >= 15 is 0 Å². The second-order valence-corrected chi connectivity index (χ2v) is 3.38. The van der Waals surface area contributed by atoms with Crippen LogP contribution < -0.4 is 0 Å². The predicted molar refractivity (Wildman–Crippen MR) is 55.8 cm³/mol. The van der Waals surface area contributed by atoms with Crippen molar-refractivity contribution in [3.05, 3.63) is 0 Å². The van der Waals surface area contributed by atoms with E-state index < -0.39 is 11.9 Å². The smallest absolute Gasteiger partial charge is 0.316 e. The summed E-state index contributed by atoms with van der Waals surface area (Å²) in [5.74, 6) is -1.91. The van der Waals surface area contributed by atoms with Crippen LogP contribution in [0.3, 0.4) is 0 Å². The Bertz CT molecular complexity index is 250. The number of hydrogen-bond donors (Lipinski definition) is 0. The van der Waals surface area contributed by atoms with Crippen LogP contribution in [0.25, 0.3) is 0 Å². The number of rotatable bonds is 7. The molecule has 0 fully saturated rings. The first kappa shape index (κ1) is 14.1. The molecule has 86 valence electrons. The lowest BCUT2D eigenvalue weighted by molar-refractivity contribution is -0.151. The summed E-state index contributed by atoms with van der Waals surface area (Å²) in [6, 6.07) is 0. The summed E-state index contributed by atoms with van der Waals surface area (Å²) < 4.78 is 4.69. The average molecular weight is 235 g/mol. The second-order valence-electron chi connectivity index (χ2n) is 3.11. The Hall–Kier alpha value is -0.900. The number of hydrogen-bond acceptors (Lipinski definition) is 4. The molecule has 0 aliphatic carbocycles. The summed E-state index contributed by atoms with van der Waals surface area (Å²) in [6.07, 6.45) is 0.137. The first-order valence-corrected chi connectivity index (χ1v) is 5.33. The third kappa shape index (κ3) is 5.52. The van der Waals surface area contributed by atoms with Gasteiger partial charge in [-0.15, -0.1) is 11.6 Å². The van der Waals surface area contributed by atoms with Gasteiger partial charge in [-0.2, -0.15) is 0 Å². The van der Waals surface area contributed by atoms with Crippen molar-refractivity contribution in [3.63, 3.8) is 0 Å². The van der Waals surface area contributed by atoms with Gasteiger partial charge in [-0.25, -0.2) is 0 Å². The van der Waals surface area contributed by atoms with Gasteiger partial charge in [-0.1, -0.05) is 0 Å². The zero-order valence-corrected chi connectivity index (χ0v) is 9.67. The summed E-state index contributed by atoms with van der Waals surface area (Å²) in [4.78, 5) is 33.4. The SMILES string of the molecule is CCOC(=O)C(C)C(=O)CCC(=O)CCl. The molecule has 0 heterocycles. The fraction of sp³-hybridized carbons (Fsp3) is 0.700. The van der Waals surface area contributed by atoms with E-state index in [1.54, 1.807) is 6.92 Å². The van der Waals surface area contributed by atoms with Crippen molar-refractivity contribution in [3.8, 4) is 0 Å². The first-order valence-electron chi connectivity index (χ1n) is 4.79. The molecule has 4 nitrogen and oxygen atoms in total. The molecule has 0 N–H and O–H groups in total. The highest BCUT2D eigenvalue weighted by atomic mass is 35.5. The van der Waals surface area contributed by atoms with Gasteiger partial charge in [0, 0.05) is 12.8 Å². The Balaban J connectivity index is 3.99. The van der Waals surface area contributed by atoms with E-state index in [2.05, 4.69) is 4.74 Å². The van der Waals surface area contributed by atoms with Crippen molar-refractivity contribution in [2.75, 3.05) is 12.5 Å². The maximum atomic E-state index is 11.4. The monoisotopic (exact) mass is 234 g/mol. The summed E-state index contributed by atoms with van der Waals surface area (Å²) in [6.45, 7) is 3.40. The molecule has 0 saturated carbocycles. The van der Waals surface area contributed by atoms with Crippen LogP contribution in [0.15, 0.2) is 0 Å². The number of carbonyl (C=O) groups excluding carboxylic acids is 3. The Morgan fingerprint density at radius 3 is 2.33 bits per heavy atom. The summed E-state index contributed by atoms with van der Waals surface area (Å²) >= 11 is 5.27. The molecule has 0 amide bonds. The summed E-state index contributed by atoms with van der Waals surface area (Å²) in [5.41, 5.74) is 0. The van der Waals surface area contributed by atoms with Crippen molar-refractivity contribution in [2.24, 2.45) is 5.92 Å². The molecule has 0 aliphatic heterocycles. The lowest BCUT2D eigenvalue weighted by atomic mass is 10.0. The molecule has 1 atom stereocenters. The zero-order valence-electron chi connectivity index (χ0n) is 8.92. The number of ether oxygens (including phenoxy) is 1. The number of halogens is 1. The Morgan fingerprint density at radius 1 is 1.27 bits per heavy atom. The van der Waals surface area contributed by atoms with Gasteiger partial charge in [0.05, 0.1) is 12.5 Å². The van der Waals surface area contributed by atoms with E-state index in [1.165, 1.54) is 6.92 Å². The molecule has 0 aromatic rings. The van der Waals surface area contributed by atoms with E-state index in [0.717, 1.165) is 0 Å². The first-order chi connectivity index (χ1) is 7.02. The Labute approximate surface area is 93.9 Å². The van der Waals surface area contributed by atoms with Crippen LogP contribution >= 0.6 is 11.6 Å². The highest BCUT2D eigenvalue weighted by molar-refractivity contribution is 6.27. The fourth-order valence-electron chi connectivity index (χ4n) is 0.945. The number of esters is 1. The molecule has 0 rings (SSSR count). The number of carbonyl (C=O) groups is 3. The minimum absolute atomic E-state index is 0.0472. The normalized spacial score (nSPS) is 11.9. The molecule has 0 saturated heterocycles. The molecule has 1 unspecified atom stereocenters. The maximum Gasteiger partial charge on any atom is 0.316 e. The Kier molecular flexibility index (Phi) is 6.96. The standard InChI is InChI=1S/C10H15ClO4/c1-3-15-10(14)7(2)9(13)5-4-8(12)6-11/h7H,3-6H2,1-2H3. The minimum Gasteiger partial charge on any atom is -0.465 e. The van der Waals surface area contributed by atoms with Crippen molar-refractivity contribution in [1.29, 1.82) is 0 Å². The third-order valence-electron chi connectivity index (χ3n) is 1.92. The number of ketones is 2. The molecule has 0 aromatic heterocycles. The van der Waals surface area contributed by atoms with E-state index in [9.17, 15) is 14.4 Å². The fourth-order valence-corrected chi connectivity index (χ4v) is 1.08. The van der Waals surface area contributed by atoms with Crippen LogP contribution in [0, 0.1) is 5.92 Å². The quantitative estimate of drug-likeness (QED) is 0.379. The summed E-state index contributed by atoms with van der Waals surface area (Å²) in [7, 11) is 0. The van der Waals surface area contributed by atoms with Crippen LogP contribution in [0.4, 0.5) is 0 Å². The molecule has 0 radical (unpaired) electrons. The number of Topliss-reactive ketones (excluding diaryl/α,β-unsaturated/α-hetero) is 2. The van der Waals surface area contributed by atoms with E-state index in [4.69, 9.17) is 11.6 Å². The highest BCUT2D eigenvalue weighted by Gasteiger charge is 2.22. The van der Waals surface area contributed by atoms with Gasteiger partial charge in [0.2, 0.25) is 0 Å². The van der Waals surface area contributed by atoms with Crippen LogP contribution in [0.2, 0.25) is 0 Å². The molecule has 0 aliphatic rings. The molecular weight excluding hydrogens is 220 g/mol. The van der Waals surface area contributed by atoms with Crippen molar-refractivity contribution in [2.45, 2.75) is 26.7 Å². The van der Waals surface area contributed by atoms with Gasteiger partial charge < -0.3 is 4.74 Å². The van der Waals surface area contributed by atoms with Crippen molar-refractivity contribution >= 4 is 29.1 Å². The van der Waals surface area contributed by atoms with Crippen LogP contribution in [-0.2, 0) is 19.1 Å². The molecule has 0 spiro atoms.